The van der Waals surface area contributed by atoms with Crippen LogP contribution >= 0.6 is 0 Å². The number of hydrogen-bond donors (Lipinski definition) is 3. The number of carbonyl (C=O) groups excluding carboxylic acids is 1. The number of hydrazine groups is 1. The second-order valence-electron chi connectivity index (χ2n) is 10.8. The van der Waals surface area contributed by atoms with E-state index in [4.69, 9.17) is 11.6 Å². The highest BCUT2D eigenvalue weighted by Crippen LogP contribution is 2.64. The molecule has 4 saturated carbocycles. The quantitative estimate of drug-likeness (QED) is 0.507. The lowest BCUT2D eigenvalue weighted by Gasteiger charge is -2.56. The van der Waals surface area contributed by atoms with Crippen molar-refractivity contribution < 1.29 is 9.90 Å². The minimum absolute atomic E-state index is 0.137. The molecule has 0 saturated heterocycles. The highest BCUT2D eigenvalue weighted by Gasteiger charge is 2.58. The summed E-state index contributed by atoms with van der Waals surface area (Å²) in [6.45, 7) is 4.68. The molecule has 0 aromatic rings. The average Bonchev–Trinajstić information content (AvgIpc) is 2.98. The molecule has 0 amide bonds. The summed E-state index contributed by atoms with van der Waals surface area (Å²) in [7, 11) is 0. The summed E-state index contributed by atoms with van der Waals surface area (Å²) in [4.78, 5) is 13.0. The molecule has 158 valence electrons. The third kappa shape index (κ3) is 3.39. The third-order valence-corrected chi connectivity index (χ3v) is 9.24. The van der Waals surface area contributed by atoms with Crippen molar-refractivity contribution in [3.63, 3.8) is 0 Å². The SMILES string of the molecule is CC1(O)CCC2C(CCC3C2CCC2(C)C(C(=O)CN(N)C=CN)CCC32)C1. The Balaban J connectivity index is 1.47. The molecule has 0 bridgehead atoms. The minimum Gasteiger partial charge on any atom is -0.403 e. The van der Waals surface area contributed by atoms with Crippen LogP contribution in [0.1, 0.15) is 71.6 Å². The Kier molecular flexibility index (Phi) is 5.28. The molecular formula is C23H39N3O2. The van der Waals surface area contributed by atoms with Crippen molar-refractivity contribution in [3.8, 4) is 0 Å². The largest absolute Gasteiger partial charge is 0.403 e. The lowest BCUT2D eigenvalue weighted by Crippen LogP contribution is -2.51. The Labute approximate surface area is 169 Å². The van der Waals surface area contributed by atoms with Crippen LogP contribution in [-0.2, 0) is 4.79 Å². The number of carbonyl (C=O) groups is 1. The number of aliphatic hydroxyl groups is 1. The van der Waals surface area contributed by atoms with Crippen LogP contribution in [0.2, 0.25) is 0 Å². The highest BCUT2D eigenvalue weighted by atomic mass is 16.3. The first-order chi connectivity index (χ1) is 13.2. The minimum atomic E-state index is -0.450. The zero-order valence-electron chi connectivity index (χ0n) is 17.6. The van der Waals surface area contributed by atoms with Gasteiger partial charge < -0.3 is 15.8 Å². The molecule has 8 unspecified atom stereocenters. The van der Waals surface area contributed by atoms with Crippen LogP contribution in [0.4, 0.5) is 0 Å². The van der Waals surface area contributed by atoms with Gasteiger partial charge in [-0.3, -0.25) is 4.79 Å². The van der Waals surface area contributed by atoms with Crippen molar-refractivity contribution in [1.82, 2.24) is 5.01 Å². The Bertz CT molecular complexity index is 633. The zero-order chi connectivity index (χ0) is 20.1. The van der Waals surface area contributed by atoms with Gasteiger partial charge in [0.15, 0.2) is 5.78 Å². The van der Waals surface area contributed by atoms with E-state index in [-0.39, 0.29) is 23.7 Å². The fraction of sp³-hybridized carbons (Fsp3) is 0.870. The molecule has 4 rings (SSSR count). The summed E-state index contributed by atoms with van der Waals surface area (Å²) in [6.07, 6.45) is 13.3. The summed E-state index contributed by atoms with van der Waals surface area (Å²) in [5.74, 6) is 10.1. The molecule has 0 heterocycles. The maximum absolute atomic E-state index is 13.0. The number of hydrogen-bond acceptors (Lipinski definition) is 5. The van der Waals surface area contributed by atoms with Crippen molar-refractivity contribution in [2.45, 2.75) is 77.2 Å². The van der Waals surface area contributed by atoms with Gasteiger partial charge in [-0.25, -0.2) is 5.84 Å². The molecule has 0 aromatic carbocycles. The van der Waals surface area contributed by atoms with Gasteiger partial charge in [0.25, 0.3) is 0 Å². The predicted octanol–water partition coefficient (Wildman–Crippen LogP) is 3.18. The lowest BCUT2D eigenvalue weighted by atomic mass is 9.49. The van der Waals surface area contributed by atoms with Crippen LogP contribution in [0, 0.1) is 40.9 Å². The van der Waals surface area contributed by atoms with E-state index in [1.165, 1.54) is 49.7 Å². The fourth-order valence-electron chi connectivity index (χ4n) is 8.06. The van der Waals surface area contributed by atoms with Gasteiger partial charge >= 0.3 is 0 Å². The summed E-state index contributed by atoms with van der Waals surface area (Å²) >= 11 is 0. The molecular weight excluding hydrogens is 350 g/mol. The van der Waals surface area contributed by atoms with Gasteiger partial charge in [-0.1, -0.05) is 6.92 Å². The molecule has 0 aliphatic heterocycles. The predicted molar refractivity (Wildman–Crippen MR) is 110 cm³/mol. The fourth-order valence-corrected chi connectivity index (χ4v) is 8.06. The Morgan fingerprint density at radius 2 is 1.82 bits per heavy atom. The van der Waals surface area contributed by atoms with Crippen LogP contribution in [0.15, 0.2) is 12.4 Å². The zero-order valence-corrected chi connectivity index (χ0v) is 17.6. The molecule has 4 aliphatic rings. The summed E-state index contributed by atoms with van der Waals surface area (Å²) in [5.41, 5.74) is 5.09. The van der Waals surface area contributed by atoms with E-state index in [1.807, 2.05) is 6.92 Å². The van der Waals surface area contributed by atoms with E-state index >= 15 is 0 Å². The molecule has 28 heavy (non-hydrogen) atoms. The van der Waals surface area contributed by atoms with Crippen LogP contribution in [-0.4, -0.2) is 28.0 Å². The van der Waals surface area contributed by atoms with E-state index in [9.17, 15) is 9.90 Å². The van der Waals surface area contributed by atoms with E-state index in [2.05, 4.69) is 6.92 Å². The van der Waals surface area contributed by atoms with Crippen molar-refractivity contribution >= 4 is 5.78 Å². The summed E-state index contributed by atoms with van der Waals surface area (Å²) in [6, 6.07) is 0. The van der Waals surface area contributed by atoms with Gasteiger partial charge in [-0.2, -0.15) is 0 Å². The van der Waals surface area contributed by atoms with E-state index in [0.717, 1.165) is 37.0 Å². The Morgan fingerprint density at radius 1 is 1.07 bits per heavy atom. The number of Topliss-reactive ketones (excluding diaryl/α,β-unsaturated/α-hetero) is 1. The molecule has 4 fully saturated rings. The first-order valence-electron chi connectivity index (χ1n) is 11.4. The number of nitrogens with two attached hydrogens (primary N) is 2. The normalized spacial score (nSPS) is 48.0. The Hall–Kier alpha value is -1.07. The van der Waals surface area contributed by atoms with Crippen molar-refractivity contribution in [2.24, 2.45) is 52.5 Å². The Morgan fingerprint density at radius 3 is 2.57 bits per heavy atom. The van der Waals surface area contributed by atoms with E-state index < -0.39 is 5.60 Å². The van der Waals surface area contributed by atoms with Gasteiger partial charge in [-0.05, 0) is 99.7 Å². The number of ketones is 1. The first kappa shape index (κ1) is 20.2. The number of rotatable bonds is 4. The second kappa shape index (κ2) is 7.32. The van der Waals surface area contributed by atoms with Crippen molar-refractivity contribution in [2.75, 3.05) is 6.54 Å². The summed E-state index contributed by atoms with van der Waals surface area (Å²) < 4.78 is 0. The van der Waals surface area contributed by atoms with Gasteiger partial charge in [-0.15, -0.1) is 0 Å². The van der Waals surface area contributed by atoms with Gasteiger partial charge in [0.1, 0.15) is 0 Å². The van der Waals surface area contributed by atoms with Crippen LogP contribution in [0.25, 0.3) is 0 Å². The molecule has 5 nitrogen and oxygen atoms in total. The molecule has 5 N–H and O–H groups in total. The monoisotopic (exact) mass is 389 g/mol. The topological polar surface area (TPSA) is 92.6 Å². The van der Waals surface area contributed by atoms with Crippen molar-refractivity contribution in [3.05, 3.63) is 12.4 Å². The standard InChI is InChI=1S/C23H39N3O2/c1-22(28)9-7-16-15(13-22)3-4-18-17(16)8-10-23(2)19(18)5-6-20(23)21(27)14-26(25)12-11-24/h11-12,15-20,28H,3-10,13-14,24-25H2,1-2H3. The molecule has 4 aliphatic carbocycles. The first-order valence-corrected chi connectivity index (χ1v) is 11.4. The summed E-state index contributed by atoms with van der Waals surface area (Å²) in [5, 5.41) is 12.0. The average molecular weight is 390 g/mol. The van der Waals surface area contributed by atoms with Crippen LogP contribution in [0.5, 0.6) is 0 Å². The molecule has 5 heteroatoms. The van der Waals surface area contributed by atoms with Crippen LogP contribution < -0.4 is 11.6 Å². The van der Waals surface area contributed by atoms with Crippen molar-refractivity contribution in [1.29, 1.82) is 0 Å². The van der Waals surface area contributed by atoms with Gasteiger partial charge in [0.05, 0.1) is 12.1 Å². The van der Waals surface area contributed by atoms with E-state index in [1.54, 1.807) is 6.20 Å². The lowest BCUT2D eigenvalue weighted by molar-refractivity contribution is -0.132. The maximum Gasteiger partial charge on any atom is 0.157 e. The van der Waals surface area contributed by atoms with Gasteiger partial charge in [0, 0.05) is 18.3 Å². The second-order valence-corrected chi connectivity index (χ2v) is 10.8. The van der Waals surface area contributed by atoms with E-state index in [0.29, 0.717) is 11.8 Å². The van der Waals surface area contributed by atoms with Crippen LogP contribution in [0.3, 0.4) is 0 Å². The number of nitrogens with zero attached hydrogens (tertiary/aromatic N) is 1. The highest BCUT2D eigenvalue weighted by molar-refractivity contribution is 5.84. The number of fused-ring (bicyclic) bond motifs is 5. The smallest absolute Gasteiger partial charge is 0.157 e. The molecule has 0 radical (unpaired) electrons. The molecule has 8 atom stereocenters. The van der Waals surface area contributed by atoms with Gasteiger partial charge in [0.2, 0.25) is 0 Å². The molecule has 0 spiro atoms. The third-order valence-electron chi connectivity index (χ3n) is 9.24. The molecule has 0 aromatic heterocycles. The maximum atomic E-state index is 13.0.